The van der Waals surface area contributed by atoms with Crippen LogP contribution >= 0.6 is 0 Å². The summed E-state index contributed by atoms with van der Waals surface area (Å²) in [7, 11) is 1.45. The van der Waals surface area contributed by atoms with Crippen molar-refractivity contribution in [1.29, 1.82) is 0 Å². The van der Waals surface area contributed by atoms with Crippen molar-refractivity contribution in [3.63, 3.8) is 0 Å². The second-order valence-corrected chi connectivity index (χ2v) is 6.13. The van der Waals surface area contributed by atoms with Crippen molar-refractivity contribution in [3.8, 4) is 11.4 Å². The van der Waals surface area contributed by atoms with Gasteiger partial charge in [0.25, 0.3) is 0 Å². The Bertz CT molecular complexity index is 1080. The fourth-order valence-electron chi connectivity index (χ4n) is 2.74. The van der Waals surface area contributed by atoms with E-state index < -0.39 is 17.4 Å². The molecular formula is C19H17F3N4O2. The number of hydrogen-bond acceptors (Lipinski definition) is 4. The molecule has 1 aromatic heterocycles. The molecule has 0 atom stereocenters. The highest BCUT2D eigenvalue weighted by Gasteiger charge is 2.34. The molecule has 0 spiro atoms. The Morgan fingerprint density at radius 1 is 1.21 bits per heavy atom. The summed E-state index contributed by atoms with van der Waals surface area (Å²) in [6.07, 6.45) is -3.02. The second-order valence-electron chi connectivity index (χ2n) is 6.13. The molecule has 0 radical (unpaired) electrons. The van der Waals surface area contributed by atoms with Gasteiger partial charge in [0.05, 0.1) is 11.3 Å². The summed E-state index contributed by atoms with van der Waals surface area (Å²) < 4.78 is 47.5. The number of nitrogens with zero attached hydrogens (tertiary/aromatic N) is 4. The molecule has 3 aromatic rings. The average molecular weight is 390 g/mol. The van der Waals surface area contributed by atoms with Gasteiger partial charge in [0.2, 0.25) is 0 Å². The van der Waals surface area contributed by atoms with E-state index in [9.17, 15) is 18.0 Å². The molecular weight excluding hydrogens is 373 g/mol. The van der Waals surface area contributed by atoms with Gasteiger partial charge in [0, 0.05) is 12.6 Å². The van der Waals surface area contributed by atoms with Gasteiger partial charge < -0.3 is 4.74 Å². The number of halogens is 3. The minimum atomic E-state index is -4.55. The molecule has 0 fully saturated rings. The highest BCUT2D eigenvalue weighted by molar-refractivity contribution is 5.58. The molecule has 6 nitrogen and oxygen atoms in total. The molecule has 2 aromatic carbocycles. The molecule has 9 heteroatoms. The molecule has 1 heterocycles. The van der Waals surface area contributed by atoms with E-state index in [-0.39, 0.29) is 12.4 Å². The van der Waals surface area contributed by atoms with Crippen molar-refractivity contribution < 1.29 is 17.9 Å². The zero-order chi connectivity index (χ0) is 20.5. The van der Waals surface area contributed by atoms with Gasteiger partial charge in [-0.25, -0.2) is 4.79 Å². The van der Waals surface area contributed by atoms with E-state index in [0.717, 1.165) is 15.4 Å². The van der Waals surface area contributed by atoms with Crippen molar-refractivity contribution >= 4 is 6.08 Å². The molecule has 3 rings (SSSR count). The van der Waals surface area contributed by atoms with Crippen LogP contribution in [0.1, 0.15) is 22.3 Å². The van der Waals surface area contributed by atoms with Gasteiger partial charge in [-0.3, -0.25) is 0 Å². The van der Waals surface area contributed by atoms with Crippen LogP contribution in [-0.2, 0) is 19.8 Å². The van der Waals surface area contributed by atoms with E-state index in [4.69, 9.17) is 4.74 Å². The Labute approximate surface area is 158 Å². The Kier molecular flexibility index (Phi) is 5.08. The summed E-state index contributed by atoms with van der Waals surface area (Å²) in [6.45, 7) is 5.18. The van der Waals surface area contributed by atoms with Gasteiger partial charge in [-0.1, -0.05) is 30.9 Å². The smallest absolute Gasteiger partial charge is 0.419 e. The fourth-order valence-corrected chi connectivity index (χ4v) is 2.74. The number of tetrazole rings is 1. The lowest BCUT2D eigenvalue weighted by Gasteiger charge is -2.17. The van der Waals surface area contributed by atoms with E-state index in [2.05, 4.69) is 17.0 Å². The molecule has 0 aliphatic carbocycles. The summed E-state index contributed by atoms with van der Waals surface area (Å²) in [4.78, 5) is 12.2. The molecule has 0 saturated carbocycles. The predicted octanol–water partition coefficient (Wildman–Crippen LogP) is 3.52. The van der Waals surface area contributed by atoms with Gasteiger partial charge in [0.15, 0.2) is 0 Å². The Hall–Kier alpha value is -3.36. The molecule has 28 heavy (non-hydrogen) atoms. The van der Waals surface area contributed by atoms with Gasteiger partial charge in [0.1, 0.15) is 12.4 Å². The number of hydrogen-bond donors (Lipinski definition) is 0. The SMILES string of the molecule is C=Cc1cccc(-n2nnn(C)c2=O)c1COc1cc(C)ccc1C(F)(F)F. The number of alkyl halides is 3. The summed E-state index contributed by atoms with van der Waals surface area (Å²) >= 11 is 0. The van der Waals surface area contributed by atoms with Crippen molar-refractivity contribution in [2.24, 2.45) is 7.05 Å². The van der Waals surface area contributed by atoms with Gasteiger partial charge in [-0.15, -0.1) is 0 Å². The summed E-state index contributed by atoms with van der Waals surface area (Å²) in [5.74, 6) is -0.288. The van der Waals surface area contributed by atoms with E-state index in [1.54, 1.807) is 25.1 Å². The number of rotatable bonds is 5. The molecule has 0 aliphatic rings. The number of ether oxygens (including phenoxy) is 1. The zero-order valence-corrected chi connectivity index (χ0v) is 15.2. The maximum absolute atomic E-state index is 13.3. The van der Waals surface area contributed by atoms with Crippen LogP contribution in [-0.4, -0.2) is 19.8 Å². The molecule has 0 N–H and O–H groups in total. The van der Waals surface area contributed by atoms with Crippen molar-refractivity contribution in [3.05, 3.63) is 75.7 Å². The minimum Gasteiger partial charge on any atom is -0.488 e. The average Bonchev–Trinajstić information content (AvgIpc) is 2.97. The van der Waals surface area contributed by atoms with Crippen LogP contribution in [0.25, 0.3) is 11.8 Å². The monoisotopic (exact) mass is 390 g/mol. The minimum absolute atomic E-state index is 0.215. The first kappa shape index (κ1) is 19.4. The highest BCUT2D eigenvalue weighted by atomic mass is 19.4. The first-order valence-corrected chi connectivity index (χ1v) is 8.26. The van der Waals surface area contributed by atoms with Gasteiger partial charge in [-0.05, 0) is 46.7 Å². The van der Waals surface area contributed by atoms with Gasteiger partial charge >= 0.3 is 11.9 Å². The zero-order valence-electron chi connectivity index (χ0n) is 15.2. The Balaban J connectivity index is 2.05. The third-order valence-corrected chi connectivity index (χ3v) is 4.17. The lowest BCUT2D eigenvalue weighted by molar-refractivity contribution is -0.139. The first-order valence-electron chi connectivity index (χ1n) is 8.26. The molecule has 0 amide bonds. The molecule has 0 bridgehead atoms. The van der Waals surface area contributed by atoms with Crippen molar-refractivity contribution in [1.82, 2.24) is 19.8 Å². The van der Waals surface area contributed by atoms with E-state index in [1.165, 1.54) is 25.3 Å². The first-order chi connectivity index (χ1) is 13.2. The molecule has 0 saturated heterocycles. The summed E-state index contributed by atoms with van der Waals surface area (Å²) in [5, 5.41) is 7.46. The van der Waals surface area contributed by atoms with E-state index in [1.807, 2.05) is 0 Å². The summed E-state index contributed by atoms with van der Waals surface area (Å²) in [5.41, 5.74) is 0.703. The lowest BCUT2D eigenvalue weighted by atomic mass is 10.1. The lowest BCUT2D eigenvalue weighted by Crippen LogP contribution is -2.23. The van der Waals surface area contributed by atoms with E-state index >= 15 is 0 Å². The van der Waals surface area contributed by atoms with E-state index in [0.29, 0.717) is 22.4 Å². The second kappa shape index (κ2) is 7.34. The number of aromatic nitrogens is 4. The standard InChI is InChI=1S/C19H17F3N4O2/c1-4-13-6-5-7-16(26-18(27)25(3)23-24-26)14(13)11-28-17-10-12(2)8-9-15(17)19(20,21)22/h4-10H,1,11H2,2-3H3. The van der Waals surface area contributed by atoms with Crippen molar-refractivity contribution in [2.75, 3.05) is 0 Å². The maximum atomic E-state index is 13.3. The normalized spacial score (nSPS) is 11.5. The van der Waals surface area contributed by atoms with Crippen LogP contribution in [0.3, 0.4) is 0 Å². The fraction of sp³-hybridized carbons (Fsp3) is 0.211. The van der Waals surface area contributed by atoms with Crippen LogP contribution in [0.4, 0.5) is 13.2 Å². The quantitative estimate of drug-likeness (QED) is 0.669. The summed E-state index contributed by atoms with van der Waals surface area (Å²) in [6, 6.07) is 8.70. The molecule has 146 valence electrons. The van der Waals surface area contributed by atoms with Crippen LogP contribution in [0, 0.1) is 6.92 Å². The third-order valence-electron chi connectivity index (χ3n) is 4.17. The Morgan fingerprint density at radius 3 is 2.57 bits per heavy atom. The molecule has 0 aliphatic heterocycles. The van der Waals surface area contributed by atoms with Crippen LogP contribution in [0.5, 0.6) is 5.75 Å². The van der Waals surface area contributed by atoms with Crippen LogP contribution < -0.4 is 10.4 Å². The van der Waals surface area contributed by atoms with Crippen LogP contribution in [0.15, 0.2) is 47.8 Å². The Morgan fingerprint density at radius 2 is 1.96 bits per heavy atom. The largest absolute Gasteiger partial charge is 0.488 e. The van der Waals surface area contributed by atoms with Crippen LogP contribution in [0.2, 0.25) is 0 Å². The third kappa shape index (κ3) is 3.68. The topological polar surface area (TPSA) is 61.9 Å². The maximum Gasteiger partial charge on any atom is 0.419 e. The molecule has 0 unspecified atom stereocenters. The highest BCUT2D eigenvalue weighted by Crippen LogP contribution is 2.37. The predicted molar refractivity (Wildman–Crippen MR) is 97.2 cm³/mol. The van der Waals surface area contributed by atoms with Crippen molar-refractivity contribution in [2.45, 2.75) is 19.7 Å². The number of benzene rings is 2. The number of aryl methyl sites for hydroxylation is 2. The van der Waals surface area contributed by atoms with Gasteiger partial charge in [-0.2, -0.15) is 22.5 Å².